The third-order valence-electron chi connectivity index (χ3n) is 2.56. The number of nitrogens with one attached hydrogen (secondary N) is 1. The fourth-order valence-corrected chi connectivity index (χ4v) is 3.06. The van der Waals surface area contributed by atoms with Gasteiger partial charge in [0.2, 0.25) is 0 Å². The number of carbonyl (C=O) groups excluding carboxylic acids is 1. The molecule has 1 N–H and O–H groups in total. The molecule has 0 spiro atoms. The van der Waals surface area contributed by atoms with Crippen LogP contribution in [-0.2, 0) is 21.9 Å². The number of sulfonamides is 1. The zero-order valence-corrected chi connectivity index (χ0v) is 12.9. The van der Waals surface area contributed by atoms with Crippen LogP contribution in [0.2, 0.25) is 0 Å². The Morgan fingerprint density at radius 1 is 1.33 bits per heavy atom. The molecule has 0 radical (unpaired) electrons. The number of nitrogens with zero attached hydrogens (tertiary/aromatic N) is 2. The van der Waals surface area contributed by atoms with E-state index in [-0.39, 0.29) is 4.90 Å². The maximum absolute atomic E-state index is 12.0. The molecule has 0 aliphatic heterocycles. The molecule has 0 fully saturated rings. The van der Waals surface area contributed by atoms with E-state index in [2.05, 4.69) is 9.83 Å². The number of carbonyl (C=O) groups is 1. The smallest absolute Gasteiger partial charge is 0.279 e. The number of aryl methyl sites for hydroxylation is 1. The third kappa shape index (κ3) is 3.64. The predicted octanol–water partition coefficient (Wildman–Crippen LogP) is 0.667. The summed E-state index contributed by atoms with van der Waals surface area (Å²) >= 11 is 1.34. The van der Waals surface area contributed by atoms with E-state index >= 15 is 0 Å². The van der Waals surface area contributed by atoms with E-state index in [1.54, 1.807) is 17.8 Å². The molecule has 0 saturated carbocycles. The summed E-state index contributed by atoms with van der Waals surface area (Å²) in [5, 5.41) is 1.82. The van der Waals surface area contributed by atoms with E-state index in [4.69, 9.17) is 0 Å². The van der Waals surface area contributed by atoms with Gasteiger partial charge in [-0.25, -0.2) is 8.42 Å². The molecule has 2 rings (SSSR count). The largest absolute Gasteiger partial charge is 0.327 e. The van der Waals surface area contributed by atoms with E-state index in [0.717, 1.165) is 0 Å². The molecule has 21 heavy (non-hydrogen) atoms. The molecular formula is C12H13N3O4S2. The van der Waals surface area contributed by atoms with Crippen LogP contribution in [-0.4, -0.2) is 26.0 Å². The topological polar surface area (TPSA) is 89.8 Å². The van der Waals surface area contributed by atoms with Crippen molar-refractivity contribution in [1.82, 2.24) is 9.45 Å². The highest BCUT2D eigenvalue weighted by Crippen LogP contribution is 2.11. The van der Waals surface area contributed by atoms with Gasteiger partial charge in [0.25, 0.3) is 15.9 Å². The van der Waals surface area contributed by atoms with Gasteiger partial charge in [-0.15, -0.1) is 11.3 Å². The Hall–Kier alpha value is -1.81. The summed E-state index contributed by atoms with van der Waals surface area (Å²) in [5.41, 5.74) is 0.305. The monoisotopic (exact) mass is 327 g/mol. The first kappa shape index (κ1) is 15.6. The van der Waals surface area contributed by atoms with E-state index in [1.807, 2.05) is 10.3 Å². The summed E-state index contributed by atoms with van der Waals surface area (Å²) in [5.74, 6) is -0.434. The Labute approximate surface area is 125 Å². The second-order valence-electron chi connectivity index (χ2n) is 4.03. The van der Waals surface area contributed by atoms with Crippen molar-refractivity contribution < 1.29 is 18.0 Å². The van der Waals surface area contributed by atoms with Crippen LogP contribution in [0.25, 0.3) is 0 Å². The second kappa shape index (κ2) is 6.31. The SMILES string of the molecule is CONS(=O)(=O)c1ccc(C(=O)N=c2sccn2C)cc1. The number of aromatic nitrogens is 1. The lowest BCUT2D eigenvalue weighted by Gasteiger charge is -2.04. The maximum atomic E-state index is 12.0. The van der Waals surface area contributed by atoms with Crippen molar-refractivity contribution >= 4 is 27.3 Å². The Morgan fingerprint density at radius 2 is 2.00 bits per heavy atom. The second-order valence-corrected chi connectivity index (χ2v) is 6.55. The summed E-state index contributed by atoms with van der Waals surface area (Å²) in [6, 6.07) is 5.45. The standard InChI is InChI=1S/C12H13N3O4S2/c1-15-7-8-20-12(15)13-11(16)9-3-5-10(6-4-9)21(17,18)14-19-2/h3-8,14H,1-2H3. The van der Waals surface area contributed by atoms with Gasteiger partial charge < -0.3 is 4.57 Å². The first-order valence-corrected chi connectivity index (χ1v) is 8.14. The van der Waals surface area contributed by atoms with Gasteiger partial charge in [0.15, 0.2) is 4.80 Å². The van der Waals surface area contributed by atoms with Crippen LogP contribution in [0.4, 0.5) is 0 Å². The highest BCUT2D eigenvalue weighted by atomic mass is 32.2. The third-order valence-corrected chi connectivity index (χ3v) is 4.69. The van der Waals surface area contributed by atoms with Crippen molar-refractivity contribution in [2.24, 2.45) is 12.0 Å². The maximum Gasteiger partial charge on any atom is 0.279 e. The van der Waals surface area contributed by atoms with Gasteiger partial charge in [0.05, 0.1) is 12.0 Å². The van der Waals surface area contributed by atoms with Crippen molar-refractivity contribution in [3.05, 3.63) is 46.2 Å². The fraction of sp³-hybridized carbons (Fsp3) is 0.167. The molecular weight excluding hydrogens is 314 g/mol. The normalized spacial score (nSPS) is 12.6. The first-order valence-electron chi connectivity index (χ1n) is 5.78. The van der Waals surface area contributed by atoms with Gasteiger partial charge >= 0.3 is 0 Å². The van der Waals surface area contributed by atoms with Crippen molar-refractivity contribution in [2.75, 3.05) is 7.11 Å². The highest BCUT2D eigenvalue weighted by molar-refractivity contribution is 7.89. The Balaban J connectivity index is 2.28. The number of hydrogen-bond donors (Lipinski definition) is 1. The molecule has 9 heteroatoms. The molecule has 0 atom stereocenters. The average molecular weight is 327 g/mol. The van der Waals surface area contributed by atoms with Crippen LogP contribution in [0.3, 0.4) is 0 Å². The fourth-order valence-electron chi connectivity index (χ4n) is 1.52. The molecule has 7 nitrogen and oxygen atoms in total. The molecule has 0 saturated heterocycles. The van der Waals surface area contributed by atoms with Crippen LogP contribution in [0.1, 0.15) is 10.4 Å². The average Bonchev–Trinajstić information content (AvgIpc) is 2.84. The first-order chi connectivity index (χ1) is 9.94. The lowest BCUT2D eigenvalue weighted by atomic mass is 10.2. The summed E-state index contributed by atoms with van der Waals surface area (Å²) in [7, 11) is -0.736. The molecule has 0 bridgehead atoms. The van der Waals surface area contributed by atoms with Gasteiger partial charge in [0, 0.05) is 24.2 Å². The molecule has 2 aromatic rings. The van der Waals surface area contributed by atoms with Gasteiger partial charge in [0.1, 0.15) is 0 Å². The minimum absolute atomic E-state index is 0.00239. The quantitative estimate of drug-likeness (QED) is 0.836. The van der Waals surface area contributed by atoms with Crippen molar-refractivity contribution in [3.8, 4) is 0 Å². The highest BCUT2D eigenvalue weighted by Gasteiger charge is 2.14. The van der Waals surface area contributed by atoms with Crippen LogP contribution in [0, 0.1) is 0 Å². The van der Waals surface area contributed by atoms with Gasteiger partial charge in [-0.05, 0) is 24.3 Å². The Morgan fingerprint density at radius 3 is 2.52 bits per heavy atom. The summed E-state index contributed by atoms with van der Waals surface area (Å²) in [4.78, 5) is 22.8. The van der Waals surface area contributed by atoms with Crippen LogP contribution >= 0.6 is 11.3 Å². The van der Waals surface area contributed by atoms with Crippen LogP contribution in [0.15, 0.2) is 45.7 Å². The summed E-state index contributed by atoms with van der Waals surface area (Å²) < 4.78 is 25.1. The van der Waals surface area contributed by atoms with Gasteiger partial charge in [-0.3, -0.25) is 9.63 Å². The van der Waals surface area contributed by atoms with Crippen LogP contribution < -0.4 is 9.69 Å². The number of hydrogen-bond acceptors (Lipinski definition) is 5. The van der Waals surface area contributed by atoms with E-state index in [0.29, 0.717) is 10.4 Å². The van der Waals surface area contributed by atoms with Gasteiger partial charge in [-0.1, -0.05) is 4.89 Å². The lowest BCUT2D eigenvalue weighted by Crippen LogP contribution is -2.22. The van der Waals surface area contributed by atoms with Gasteiger partial charge in [-0.2, -0.15) is 4.99 Å². The molecule has 0 aliphatic carbocycles. The molecule has 1 aromatic carbocycles. The molecule has 112 valence electrons. The Bertz CT molecular complexity index is 804. The van der Waals surface area contributed by atoms with Crippen molar-refractivity contribution in [3.63, 3.8) is 0 Å². The molecule has 0 aliphatic rings. The molecule has 1 heterocycles. The Kier molecular flexibility index (Phi) is 4.68. The molecule has 1 amide bonds. The predicted molar refractivity (Wildman–Crippen MR) is 77.0 cm³/mol. The summed E-state index contributed by atoms with van der Waals surface area (Å²) in [6.45, 7) is 0. The van der Waals surface area contributed by atoms with E-state index in [1.165, 1.54) is 42.7 Å². The minimum Gasteiger partial charge on any atom is -0.327 e. The zero-order valence-electron chi connectivity index (χ0n) is 11.3. The number of benzene rings is 1. The number of thiazole rings is 1. The van der Waals surface area contributed by atoms with Crippen molar-refractivity contribution in [1.29, 1.82) is 0 Å². The zero-order chi connectivity index (χ0) is 15.5. The molecule has 0 unspecified atom stereocenters. The van der Waals surface area contributed by atoms with E-state index in [9.17, 15) is 13.2 Å². The molecule has 1 aromatic heterocycles. The lowest BCUT2D eigenvalue weighted by molar-refractivity contribution is 0.0997. The minimum atomic E-state index is -3.73. The van der Waals surface area contributed by atoms with E-state index < -0.39 is 15.9 Å². The number of amides is 1. The summed E-state index contributed by atoms with van der Waals surface area (Å²) in [6.07, 6.45) is 1.79. The van der Waals surface area contributed by atoms with Crippen LogP contribution in [0.5, 0.6) is 0 Å². The van der Waals surface area contributed by atoms with Crippen molar-refractivity contribution in [2.45, 2.75) is 4.90 Å². The number of rotatable bonds is 4.